The molecule has 0 fully saturated rings. The van der Waals surface area contributed by atoms with Gasteiger partial charge in [0, 0.05) is 17.8 Å². The number of methoxy groups -OCH3 is 1. The number of urea groups is 1. The van der Waals surface area contributed by atoms with Gasteiger partial charge in [-0.1, -0.05) is 0 Å². The molecule has 3 aliphatic heterocycles. The molecule has 4 rings (SSSR count). The molecular weight excluding hydrogens is 380 g/mol. The number of dihydropyridines is 1. The summed E-state index contributed by atoms with van der Waals surface area (Å²) >= 11 is 0. The molecule has 10 nitrogen and oxygen atoms in total. The van der Waals surface area contributed by atoms with Crippen LogP contribution in [-0.4, -0.2) is 73.3 Å². The van der Waals surface area contributed by atoms with Crippen molar-refractivity contribution in [3.8, 4) is 11.5 Å². The van der Waals surface area contributed by atoms with E-state index in [-0.39, 0.29) is 5.84 Å². The van der Waals surface area contributed by atoms with Gasteiger partial charge in [-0.25, -0.2) is 4.79 Å². The maximum Gasteiger partial charge on any atom is 0.446 e. The van der Waals surface area contributed by atoms with Crippen LogP contribution in [0.15, 0.2) is 35.0 Å². The zero-order valence-electron chi connectivity index (χ0n) is 15.9. The van der Waals surface area contributed by atoms with E-state index in [1.165, 1.54) is 24.9 Å². The Kier molecular flexibility index (Phi) is 4.75. The van der Waals surface area contributed by atoms with Crippen molar-refractivity contribution in [1.29, 1.82) is 0 Å². The van der Waals surface area contributed by atoms with Crippen molar-refractivity contribution >= 4 is 35.6 Å². The van der Waals surface area contributed by atoms with E-state index >= 15 is 0 Å². The van der Waals surface area contributed by atoms with Gasteiger partial charge in [-0.3, -0.25) is 9.59 Å². The number of rotatable bonds is 4. The molecule has 0 aliphatic carbocycles. The number of carbonyl (C=O) groups excluding carboxylic acids is 3. The van der Waals surface area contributed by atoms with Gasteiger partial charge in [0.15, 0.2) is 24.0 Å². The third-order valence-electron chi connectivity index (χ3n) is 4.73. The Hall–Kier alpha value is -3.69. The molecule has 1 aromatic rings. The first-order valence-electron chi connectivity index (χ1n) is 8.93. The van der Waals surface area contributed by atoms with Gasteiger partial charge in [0.1, 0.15) is 25.2 Å². The van der Waals surface area contributed by atoms with E-state index < -0.39 is 30.3 Å². The molecule has 0 spiro atoms. The number of anilines is 1. The number of nitrogens with zero attached hydrogens (tertiary/aromatic N) is 3. The standard InChI is InChI=1S/C19H18N4O6/c1-22-17-16(13(27-2)5-6-20-17)18(25)23(19(22)26)10-15(24)21-11-3-4-12-14(9-11)29-8-7-28-12/h3-6,9,16H,7-8,10H2,1-2H3/p+1. The number of amidine groups is 1. The Bertz CT molecular complexity index is 996. The molecule has 1 aromatic carbocycles. The summed E-state index contributed by atoms with van der Waals surface area (Å²) < 4.78 is 17.4. The lowest BCUT2D eigenvalue weighted by Gasteiger charge is -2.27. The highest BCUT2D eigenvalue weighted by molar-refractivity contribution is 6.16. The lowest BCUT2D eigenvalue weighted by Crippen LogP contribution is -2.56. The number of benzene rings is 1. The Balaban J connectivity index is 1.52. The van der Waals surface area contributed by atoms with Gasteiger partial charge >= 0.3 is 11.9 Å². The molecule has 1 atom stereocenters. The van der Waals surface area contributed by atoms with E-state index in [0.29, 0.717) is 36.2 Å². The minimum absolute atomic E-state index is 0.267. The number of carbonyl (C=O) groups is 3. The second-order valence-electron chi connectivity index (χ2n) is 6.52. The van der Waals surface area contributed by atoms with E-state index in [9.17, 15) is 14.4 Å². The van der Waals surface area contributed by atoms with Gasteiger partial charge in [-0.05, 0) is 12.1 Å². The van der Waals surface area contributed by atoms with E-state index in [4.69, 9.17) is 14.2 Å². The number of allylic oxidation sites excluding steroid dienone is 1. The van der Waals surface area contributed by atoms with Crippen LogP contribution in [0.5, 0.6) is 11.5 Å². The van der Waals surface area contributed by atoms with Crippen LogP contribution in [0.1, 0.15) is 0 Å². The SMILES string of the molecule is COC1=CC=NC2=[N+](C)C(=O)N(CC(=O)Nc3ccc4c(c3)OCCO4)C(=O)C12. The second kappa shape index (κ2) is 7.38. The summed E-state index contributed by atoms with van der Waals surface area (Å²) in [5.74, 6) is -0.216. The van der Waals surface area contributed by atoms with E-state index in [0.717, 1.165) is 4.90 Å². The third kappa shape index (κ3) is 3.33. The predicted molar refractivity (Wildman–Crippen MR) is 101 cm³/mol. The molecule has 1 N–H and O–H groups in total. The van der Waals surface area contributed by atoms with Gasteiger partial charge in [-0.15, -0.1) is 4.99 Å². The molecule has 0 saturated heterocycles. The average Bonchev–Trinajstić information content (AvgIpc) is 2.74. The van der Waals surface area contributed by atoms with Gasteiger partial charge in [0.25, 0.3) is 11.7 Å². The molecular formula is C19H19N4O6+. The number of ether oxygens (including phenoxy) is 3. The Morgan fingerprint density at radius 2 is 2.07 bits per heavy atom. The number of fused-ring (bicyclic) bond motifs is 2. The molecule has 1 unspecified atom stereocenters. The highest BCUT2D eigenvalue weighted by atomic mass is 16.6. The molecule has 0 radical (unpaired) electrons. The van der Waals surface area contributed by atoms with Gasteiger partial charge in [0.2, 0.25) is 0 Å². The highest BCUT2D eigenvalue weighted by Gasteiger charge is 2.50. The minimum Gasteiger partial charge on any atom is -0.499 e. The number of imide groups is 1. The van der Waals surface area contributed by atoms with Crippen molar-refractivity contribution in [2.45, 2.75) is 0 Å². The summed E-state index contributed by atoms with van der Waals surface area (Å²) in [6, 6.07) is 4.34. The maximum atomic E-state index is 12.9. The molecule has 3 aliphatic rings. The monoisotopic (exact) mass is 399 g/mol. The fourth-order valence-corrected chi connectivity index (χ4v) is 3.32. The normalized spacial score (nSPS) is 20.3. The summed E-state index contributed by atoms with van der Waals surface area (Å²) in [6.07, 6.45) is 3.02. The molecule has 10 heteroatoms. The van der Waals surface area contributed by atoms with Gasteiger partial charge in [0.05, 0.1) is 14.2 Å². The van der Waals surface area contributed by atoms with Gasteiger partial charge in [-0.2, -0.15) is 9.48 Å². The topological polar surface area (TPSA) is 110 Å². The molecule has 0 bridgehead atoms. The molecule has 0 saturated carbocycles. The summed E-state index contributed by atoms with van der Waals surface area (Å²) in [5, 5.41) is 2.67. The van der Waals surface area contributed by atoms with Crippen LogP contribution in [-0.2, 0) is 14.3 Å². The first kappa shape index (κ1) is 18.7. The van der Waals surface area contributed by atoms with Crippen LogP contribution in [0.4, 0.5) is 10.5 Å². The third-order valence-corrected chi connectivity index (χ3v) is 4.73. The van der Waals surface area contributed by atoms with Crippen LogP contribution >= 0.6 is 0 Å². The lowest BCUT2D eigenvalue weighted by molar-refractivity contribution is -0.408. The molecule has 4 amide bonds. The predicted octanol–water partition coefficient (Wildman–Crippen LogP) is 0.630. The van der Waals surface area contributed by atoms with Crippen molar-refractivity contribution in [1.82, 2.24) is 4.90 Å². The number of aliphatic imine (C=N–C) groups is 1. The fraction of sp³-hybridized carbons (Fsp3) is 0.316. The van der Waals surface area contributed by atoms with Gasteiger partial charge < -0.3 is 19.5 Å². The Morgan fingerprint density at radius 3 is 2.83 bits per heavy atom. The van der Waals surface area contributed by atoms with Crippen LogP contribution in [0.25, 0.3) is 0 Å². The average molecular weight is 399 g/mol. The summed E-state index contributed by atoms with van der Waals surface area (Å²) in [7, 11) is 2.93. The molecule has 3 heterocycles. The van der Waals surface area contributed by atoms with E-state index in [2.05, 4.69) is 10.3 Å². The number of nitrogens with one attached hydrogen (secondary N) is 1. The van der Waals surface area contributed by atoms with E-state index in [1.807, 2.05) is 0 Å². The zero-order chi connectivity index (χ0) is 20.5. The van der Waals surface area contributed by atoms with Crippen molar-refractivity contribution < 1.29 is 33.2 Å². The summed E-state index contributed by atoms with van der Waals surface area (Å²) in [5.41, 5.74) is 0.469. The summed E-state index contributed by atoms with van der Waals surface area (Å²) in [6.45, 7) is 0.444. The minimum atomic E-state index is -0.866. The fourth-order valence-electron chi connectivity index (χ4n) is 3.32. The molecule has 0 aromatic heterocycles. The van der Waals surface area contributed by atoms with Crippen LogP contribution < -0.4 is 14.8 Å². The second-order valence-corrected chi connectivity index (χ2v) is 6.52. The van der Waals surface area contributed by atoms with Crippen molar-refractivity contribution in [2.75, 3.05) is 39.2 Å². The maximum absolute atomic E-state index is 12.9. The number of hydrogen-bond donors (Lipinski definition) is 1. The molecule has 150 valence electrons. The molecule has 29 heavy (non-hydrogen) atoms. The smallest absolute Gasteiger partial charge is 0.446 e. The van der Waals surface area contributed by atoms with Crippen LogP contribution in [0, 0.1) is 5.92 Å². The number of amides is 4. The lowest BCUT2D eigenvalue weighted by atomic mass is 9.99. The largest absolute Gasteiger partial charge is 0.499 e. The van der Waals surface area contributed by atoms with E-state index in [1.54, 1.807) is 24.3 Å². The van der Waals surface area contributed by atoms with Crippen molar-refractivity contribution in [3.63, 3.8) is 0 Å². The zero-order valence-corrected chi connectivity index (χ0v) is 15.9. The number of hydrogen-bond acceptors (Lipinski definition) is 7. The van der Waals surface area contributed by atoms with Crippen molar-refractivity contribution in [2.24, 2.45) is 10.9 Å². The first-order valence-corrected chi connectivity index (χ1v) is 8.93. The quantitative estimate of drug-likeness (QED) is 0.744. The first-order chi connectivity index (χ1) is 14.0. The summed E-state index contributed by atoms with van der Waals surface area (Å²) in [4.78, 5) is 43.1. The van der Waals surface area contributed by atoms with Crippen molar-refractivity contribution in [3.05, 3.63) is 30.0 Å². The van der Waals surface area contributed by atoms with Crippen LogP contribution in [0.3, 0.4) is 0 Å². The highest BCUT2D eigenvalue weighted by Crippen LogP contribution is 2.32. The Labute approximate surface area is 166 Å². The Morgan fingerprint density at radius 1 is 1.31 bits per heavy atom. The van der Waals surface area contributed by atoms with Crippen LogP contribution in [0.2, 0.25) is 0 Å².